The Balaban J connectivity index is 1.92. The van der Waals surface area contributed by atoms with Gasteiger partial charge < -0.3 is 9.84 Å². The molecule has 1 aliphatic rings. The number of thiophene rings is 1. The van der Waals surface area contributed by atoms with Gasteiger partial charge in [-0.25, -0.2) is 4.98 Å². The largest absolute Gasteiger partial charge is 0.395 e. The van der Waals surface area contributed by atoms with Crippen LogP contribution in [0.2, 0.25) is 0 Å². The van der Waals surface area contributed by atoms with Crippen molar-refractivity contribution in [3.05, 3.63) is 27.0 Å². The summed E-state index contributed by atoms with van der Waals surface area (Å²) in [6, 6.07) is 2.07. The van der Waals surface area contributed by atoms with Crippen molar-refractivity contribution >= 4 is 38.6 Å². The van der Waals surface area contributed by atoms with Crippen molar-refractivity contribution < 1.29 is 9.84 Å². The highest BCUT2D eigenvalue weighted by Gasteiger charge is 2.42. The molecule has 0 unspecified atom stereocenters. The van der Waals surface area contributed by atoms with Crippen LogP contribution in [0.15, 0.2) is 21.3 Å². The van der Waals surface area contributed by atoms with E-state index in [0.29, 0.717) is 13.2 Å². The number of nitrogens with zero attached hydrogens (tertiary/aromatic N) is 1. The number of thiazole rings is 1. The van der Waals surface area contributed by atoms with Gasteiger partial charge in [-0.2, -0.15) is 0 Å². The minimum absolute atomic E-state index is 0.101. The maximum atomic E-state index is 9.45. The minimum Gasteiger partial charge on any atom is -0.395 e. The lowest BCUT2D eigenvalue weighted by molar-refractivity contribution is -0.0859. The molecule has 1 fully saturated rings. The second kappa shape index (κ2) is 4.44. The SMILES string of the molecule is OCC1(c2csc(-c3cc(Br)cs3)n2)COC1. The molecule has 90 valence electrons. The molecule has 2 aromatic rings. The fraction of sp³-hybridized carbons (Fsp3) is 0.364. The molecule has 1 saturated heterocycles. The summed E-state index contributed by atoms with van der Waals surface area (Å²) < 4.78 is 6.28. The van der Waals surface area contributed by atoms with Crippen LogP contribution < -0.4 is 0 Å². The Labute approximate surface area is 115 Å². The van der Waals surface area contributed by atoms with Crippen LogP contribution in [0.5, 0.6) is 0 Å². The fourth-order valence-electron chi connectivity index (χ4n) is 1.72. The van der Waals surface area contributed by atoms with E-state index in [1.165, 1.54) is 0 Å². The summed E-state index contributed by atoms with van der Waals surface area (Å²) in [5, 5.41) is 14.5. The van der Waals surface area contributed by atoms with Crippen molar-refractivity contribution in [3.8, 4) is 9.88 Å². The zero-order chi connectivity index (χ0) is 11.9. The van der Waals surface area contributed by atoms with Gasteiger partial charge in [-0.3, -0.25) is 0 Å². The van der Waals surface area contributed by atoms with E-state index in [1.807, 2.05) is 10.8 Å². The molecule has 3 rings (SSSR count). The lowest BCUT2D eigenvalue weighted by atomic mass is 9.84. The van der Waals surface area contributed by atoms with E-state index in [0.717, 1.165) is 20.1 Å². The van der Waals surface area contributed by atoms with Crippen LogP contribution in [-0.4, -0.2) is 29.9 Å². The molecule has 0 saturated carbocycles. The highest BCUT2D eigenvalue weighted by Crippen LogP contribution is 2.37. The molecule has 0 aromatic carbocycles. The first-order valence-corrected chi connectivity index (χ1v) is 7.68. The van der Waals surface area contributed by atoms with Gasteiger partial charge in [0.1, 0.15) is 5.01 Å². The molecule has 1 N–H and O–H groups in total. The molecule has 6 heteroatoms. The molecule has 2 aromatic heterocycles. The summed E-state index contributed by atoms with van der Waals surface area (Å²) in [5.74, 6) is 0. The summed E-state index contributed by atoms with van der Waals surface area (Å²) in [7, 11) is 0. The second-order valence-electron chi connectivity index (χ2n) is 4.10. The zero-order valence-corrected chi connectivity index (χ0v) is 12.1. The molecule has 0 atom stereocenters. The Morgan fingerprint density at radius 2 is 2.24 bits per heavy atom. The van der Waals surface area contributed by atoms with Gasteiger partial charge in [0, 0.05) is 15.2 Å². The highest BCUT2D eigenvalue weighted by molar-refractivity contribution is 9.10. The van der Waals surface area contributed by atoms with Gasteiger partial charge in [0.05, 0.1) is 35.8 Å². The maximum absolute atomic E-state index is 9.45. The summed E-state index contributed by atoms with van der Waals surface area (Å²) in [5.41, 5.74) is 0.694. The first-order chi connectivity index (χ1) is 8.23. The predicted octanol–water partition coefficient (Wildman–Crippen LogP) is 2.89. The van der Waals surface area contributed by atoms with Gasteiger partial charge in [0.15, 0.2) is 0 Å². The van der Waals surface area contributed by atoms with Crippen molar-refractivity contribution in [2.75, 3.05) is 19.8 Å². The van der Waals surface area contributed by atoms with Gasteiger partial charge in [0.2, 0.25) is 0 Å². The second-order valence-corrected chi connectivity index (χ2v) is 6.78. The van der Waals surface area contributed by atoms with Crippen LogP contribution in [0.4, 0.5) is 0 Å². The van der Waals surface area contributed by atoms with Crippen LogP contribution in [0.1, 0.15) is 5.69 Å². The number of ether oxygens (including phenoxy) is 1. The Bertz CT molecular complexity index is 528. The summed E-state index contributed by atoms with van der Waals surface area (Å²) >= 11 is 6.73. The molecule has 1 aliphatic heterocycles. The highest BCUT2D eigenvalue weighted by atomic mass is 79.9. The Hall–Kier alpha value is -0.270. The molecule has 0 aliphatic carbocycles. The number of hydrogen-bond acceptors (Lipinski definition) is 5. The molecular formula is C11H10BrNO2S2. The number of aromatic nitrogens is 1. The van der Waals surface area contributed by atoms with Gasteiger partial charge in [0.25, 0.3) is 0 Å². The molecule has 0 spiro atoms. The van der Waals surface area contributed by atoms with E-state index in [1.54, 1.807) is 22.7 Å². The Morgan fingerprint density at radius 3 is 2.76 bits per heavy atom. The van der Waals surface area contributed by atoms with Crippen molar-refractivity contribution in [3.63, 3.8) is 0 Å². The first-order valence-electron chi connectivity index (χ1n) is 5.12. The number of aliphatic hydroxyl groups is 1. The minimum atomic E-state index is -0.261. The standard InChI is InChI=1S/C11H10BrNO2S2/c12-7-1-8(16-2-7)10-13-9(3-17-10)11(4-14)5-15-6-11/h1-3,14H,4-6H2. The summed E-state index contributed by atoms with van der Waals surface area (Å²) in [6.45, 7) is 1.24. The van der Waals surface area contributed by atoms with Crippen molar-refractivity contribution in [2.45, 2.75) is 5.41 Å². The number of rotatable bonds is 3. The Morgan fingerprint density at radius 1 is 1.41 bits per heavy atom. The first kappa shape index (κ1) is 11.8. The molecule has 0 bridgehead atoms. The predicted molar refractivity (Wildman–Crippen MR) is 72.7 cm³/mol. The lowest BCUT2D eigenvalue weighted by Crippen LogP contribution is -2.49. The normalized spacial score (nSPS) is 18.0. The third-order valence-electron chi connectivity index (χ3n) is 2.89. The van der Waals surface area contributed by atoms with E-state index < -0.39 is 0 Å². The molecule has 3 heterocycles. The Kier molecular flexibility index (Phi) is 3.08. The van der Waals surface area contributed by atoms with E-state index in [4.69, 9.17) is 4.74 Å². The third kappa shape index (κ3) is 1.98. The van der Waals surface area contributed by atoms with E-state index in [2.05, 4.69) is 27.0 Å². The van der Waals surface area contributed by atoms with Crippen LogP contribution in [0, 0.1) is 0 Å². The average molecular weight is 332 g/mol. The lowest BCUT2D eigenvalue weighted by Gasteiger charge is -2.38. The average Bonchev–Trinajstić information content (AvgIpc) is 2.86. The number of halogens is 1. The number of aliphatic hydroxyl groups excluding tert-OH is 1. The summed E-state index contributed by atoms with van der Waals surface area (Å²) in [4.78, 5) is 5.78. The van der Waals surface area contributed by atoms with Crippen molar-refractivity contribution in [1.29, 1.82) is 0 Å². The van der Waals surface area contributed by atoms with Gasteiger partial charge in [-0.15, -0.1) is 22.7 Å². The number of hydrogen-bond donors (Lipinski definition) is 1. The van der Waals surface area contributed by atoms with E-state index in [9.17, 15) is 5.11 Å². The molecule has 17 heavy (non-hydrogen) atoms. The van der Waals surface area contributed by atoms with Crippen LogP contribution >= 0.6 is 38.6 Å². The van der Waals surface area contributed by atoms with E-state index >= 15 is 0 Å². The monoisotopic (exact) mass is 331 g/mol. The van der Waals surface area contributed by atoms with Crippen LogP contribution in [-0.2, 0) is 10.2 Å². The van der Waals surface area contributed by atoms with E-state index in [-0.39, 0.29) is 12.0 Å². The third-order valence-corrected chi connectivity index (χ3v) is 5.59. The van der Waals surface area contributed by atoms with Gasteiger partial charge in [-0.1, -0.05) is 0 Å². The van der Waals surface area contributed by atoms with Gasteiger partial charge >= 0.3 is 0 Å². The molecular weight excluding hydrogens is 322 g/mol. The molecule has 0 amide bonds. The molecule has 3 nitrogen and oxygen atoms in total. The fourth-order valence-corrected chi connectivity index (χ4v) is 4.17. The maximum Gasteiger partial charge on any atom is 0.133 e. The molecule has 0 radical (unpaired) electrons. The van der Waals surface area contributed by atoms with Gasteiger partial charge in [-0.05, 0) is 22.0 Å². The van der Waals surface area contributed by atoms with Crippen molar-refractivity contribution in [1.82, 2.24) is 4.98 Å². The topological polar surface area (TPSA) is 42.4 Å². The summed E-state index contributed by atoms with van der Waals surface area (Å²) in [6.07, 6.45) is 0. The zero-order valence-electron chi connectivity index (χ0n) is 8.85. The quantitative estimate of drug-likeness (QED) is 0.940. The van der Waals surface area contributed by atoms with Crippen LogP contribution in [0.25, 0.3) is 9.88 Å². The van der Waals surface area contributed by atoms with Crippen molar-refractivity contribution in [2.24, 2.45) is 0 Å². The van der Waals surface area contributed by atoms with Crippen LogP contribution in [0.3, 0.4) is 0 Å². The smallest absolute Gasteiger partial charge is 0.133 e.